The molecule has 27 heavy (non-hydrogen) atoms. The van der Waals surface area contributed by atoms with Crippen LogP contribution in [0.15, 0.2) is 12.2 Å². The third-order valence-electron chi connectivity index (χ3n) is 5.79. The van der Waals surface area contributed by atoms with Crippen molar-refractivity contribution in [3.63, 3.8) is 0 Å². The third kappa shape index (κ3) is 8.56. The molecule has 0 spiro atoms. The largest absolute Gasteiger partial charge is 0.481 e. The van der Waals surface area contributed by atoms with Crippen molar-refractivity contribution in [2.24, 2.45) is 17.8 Å². The van der Waals surface area contributed by atoms with E-state index in [0.717, 1.165) is 44.9 Å². The number of carbonyl (C=O) groups excluding carboxylic acids is 1. The Morgan fingerprint density at radius 1 is 1.30 bits per heavy atom. The van der Waals surface area contributed by atoms with Crippen molar-refractivity contribution >= 4 is 11.8 Å². The minimum absolute atomic E-state index is 0.119. The molecule has 5 heteroatoms. The van der Waals surface area contributed by atoms with Gasteiger partial charge in [-0.2, -0.15) is 0 Å². The third-order valence-corrected chi connectivity index (χ3v) is 5.79. The summed E-state index contributed by atoms with van der Waals surface area (Å²) in [6.45, 7) is 5.65. The molecular formula is C22H38O5. The van der Waals surface area contributed by atoms with Gasteiger partial charge in [-0.1, -0.05) is 58.1 Å². The molecule has 156 valence electrons. The summed E-state index contributed by atoms with van der Waals surface area (Å²) in [5, 5.41) is 29.5. The molecule has 1 aliphatic carbocycles. The fourth-order valence-corrected chi connectivity index (χ4v) is 3.85. The van der Waals surface area contributed by atoms with E-state index in [-0.39, 0.29) is 30.0 Å². The number of carboxylic acids is 1. The molecule has 3 N–H and O–H groups in total. The highest BCUT2D eigenvalue weighted by atomic mass is 16.4. The van der Waals surface area contributed by atoms with Crippen LogP contribution in [0, 0.1) is 17.8 Å². The topological polar surface area (TPSA) is 94.8 Å². The van der Waals surface area contributed by atoms with E-state index in [9.17, 15) is 19.8 Å². The van der Waals surface area contributed by atoms with E-state index in [1.165, 1.54) is 0 Å². The number of aliphatic hydroxyl groups excluding tert-OH is 1. The van der Waals surface area contributed by atoms with E-state index >= 15 is 0 Å². The molecule has 0 aromatic carbocycles. The molecule has 2 unspecified atom stereocenters. The lowest BCUT2D eigenvalue weighted by Crippen LogP contribution is -2.23. The Bertz CT molecular complexity index is 497. The molecule has 1 rings (SSSR count). The van der Waals surface area contributed by atoms with E-state index in [4.69, 9.17) is 5.11 Å². The van der Waals surface area contributed by atoms with Gasteiger partial charge < -0.3 is 15.3 Å². The maximum Gasteiger partial charge on any atom is 0.306 e. The van der Waals surface area contributed by atoms with Crippen molar-refractivity contribution in [2.75, 3.05) is 0 Å². The Kier molecular flexibility index (Phi) is 10.2. The van der Waals surface area contributed by atoms with Crippen LogP contribution in [0.1, 0.15) is 85.0 Å². The highest BCUT2D eigenvalue weighted by Crippen LogP contribution is 2.34. The lowest BCUT2D eigenvalue weighted by molar-refractivity contribution is -0.141. The molecule has 5 atom stereocenters. The Balaban J connectivity index is 2.46. The zero-order chi connectivity index (χ0) is 20.4. The average molecular weight is 383 g/mol. The van der Waals surface area contributed by atoms with Gasteiger partial charge in [0.2, 0.25) is 0 Å². The molecule has 5 nitrogen and oxygen atoms in total. The van der Waals surface area contributed by atoms with Crippen molar-refractivity contribution in [1.82, 2.24) is 0 Å². The molecule has 0 saturated heterocycles. The molecule has 0 radical (unpaired) electrons. The van der Waals surface area contributed by atoms with E-state index in [2.05, 4.69) is 6.92 Å². The van der Waals surface area contributed by atoms with Gasteiger partial charge in [0, 0.05) is 18.3 Å². The standard InChI is InChI=1S/C22H38O5/c1-4-5-13-22(3,27)14-9-12-18-17(19(23)15-20(18)24)11-8-6-7-10-16(2)21(25)26/h9,12,16-18,20,24,27H,4-8,10-11,13-15H2,1-3H3,(H,25,26)/b12-9+/t16?,17-,18-,20-,22?/m1/s1. The van der Waals surface area contributed by atoms with Gasteiger partial charge in [-0.15, -0.1) is 0 Å². The van der Waals surface area contributed by atoms with Crippen molar-refractivity contribution in [3.8, 4) is 0 Å². The Hall–Kier alpha value is -1.20. The summed E-state index contributed by atoms with van der Waals surface area (Å²) < 4.78 is 0. The van der Waals surface area contributed by atoms with E-state index < -0.39 is 17.7 Å². The number of Topliss-reactive ketones (excluding diaryl/α,β-unsaturated/α-hetero) is 1. The first-order valence-corrected chi connectivity index (χ1v) is 10.5. The summed E-state index contributed by atoms with van der Waals surface area (Å²) in [4.78, 5) is 23.1. The number of aliphatic hydroxyl groups is 2. The summed E-state index contributed by atoms with van der Waals surface area (Å²) in [7, 11) is 0. The van der Waals surface area contributed by atoms with Gasteiger partial charge in [-0.3, -0.25) is 9.59 Å². The van der Waals surface area contributed by atoms with Crippen molar-refractivity contribution < 1.29 is 24.9 Å². The van der Waals surface area contributed by atoms with Crippen molar-refractivity contribution in [3.05, 3.63) is 12.2 Å². The van der Waals surface area contributed by atoms with Crippen LogP contribution in [0.25, 0.3) is 0 Å². The second-order valence-corrected chi connectivity index (χ2v) is 8.53. The second-order valence-electron chi connectivity index (χ2n) is 8.53. The summed E-state index contributed by atoms with van der Waals surface area (Å²) in [6, 6.07) is 0. The first-order chi connectivity index (χ1) is 12.7. The molecule has 1 fully saturated rings. The first-order valence-electron chi connectivity index (χ1n) is 10.5. The van der Waals surface area contributed by atoms with Gasteiger partial charge >= 0.3 is 5.97 Å². The summed E-state index contributed by atoms with van der Waals surface area (Å²) >= 11 is 0. The number of unbranched alkanes of at least 4 members (excludes halogenated alkanes) is 3. The van der Waals surface area contributed by atoms with Crippen LogP contribution in [0.4, 0.5) is 0 Å². The normalized spacial score (nSPS) is 26.4. The Labute approximate surface area is 163 Å². The minimum atomic E-state index is -0.760. The van der Waals surface area contributed by atoms with Gasteiger partial charge in [0.1, 0.15) is 5.78 Å². The van der Waals surface area contributed by atoms with Gasteiger partial charge in [-0.05, 0) is 32.6 Å². The van der Waals surface area contributed by atoms with Crippen LogP contribution in [-0.2, 0) is 9.59 Å². The molecule has 0 heterocycles. The fraction of sp³-hybridized carbons (Fsp3) is 0.818. The number of carboxylic acid groups (broad SMARTS) is 1. The summed E-state index contributed by atoms with van der Waals surface area (Å²) in [5.41, 5.74) is -0.740. The summed E-state index contributed by atoms with van der Waals surface area (Å²) in [6.07, 6.45) is 10.7. The van der Waals surface area contributed by atoms with Crippen LogP contribution in [0.2, 0.25) is 0 Å². The van der Waals surface area contributed by atoms with Crippen molar-refractivity contribution in [1.29, 1.82) is 0 Å². The SMILES string of the molecule is CCCCC(C)(O)C/C=C/[C@H]1[C@H](O)CC(=O)[C@@H]1CCCCCC(C)C(=O)O. The van der Waals surface area contributed by atoms with Gasteiger partial charge in [0.25, 0.3) is 0 Å². The monoisotopic (exact) mass is 382 g/mol. The number of ketones is 1. The van der Waals surface area contributed by atoms with Crippen LogP contribution in [0.5, 0.6) is 0 Å². The zero-order valence-corrected chi connectivity index (χ0v) is 17.2. The van der Waals surface area contributed by atoms with E-state index in [1.54, 1.807) is 6.92 Å². The fourth-order valence-electron chi connectivity index (χ4n) is 3.85. The highest BCUT2D eigenvalue weighted by molar-refractivity contribution is 5.84. The number of aliphatic carboxylic acids is 1. The Morgan fingerprint density at radius 2 is 2.00 bits per heavy atom. The lowest BCUT2D eigenvalue weighted by atomic mass is 9.87. The van der Waals surface area contributed by atoms with Gasteiger partial charge in [0.05, 0.1) is 17.6 Å². The molecule has 0 aromatic heterocycles. The number of carbonyl (C=O) groups is 2. The molecule has 0 aliphatic heterocycles. The lowest BCUT2D eigenvalue weighted by Gasteiger charge is -2.22. The number of hydrogen-bond acceptors (Lipinski definition) is 4. The quantitative estimate of drug-likeness (QED) is 0.329. The molecule has 1 saturated carbocycles. The summed E-state index contributed by atoms with van der Waals surface area (Å²) in [5.74, 6) is -1.29. The van der Waals surface area contributed by atoms with E-state index in [1.807, 2.05) is 19.1 Å². The number of rotatable bonds is 13. The first kappa shape index (κ1) is 23.8. The predicted molar refractivity (Wildman–Crippen MR) is 106 cm³/mol. The van der Waals surface area contributed by atoms with Crippen LogP contribution < -0.4 is 0 Å². The second kappa shape index (κ2) is 11.6. The molecular weight excluding hydrogens is 344 g/mol. The average Bonchev–Trinajstić information content (AvgIpc) is 2.86. The molecule has 0 aromatic rings. The molecule has 0 amide bonds. The van der Waals surface area contributed by atoms with Crippen molar-refractivity contribution in [2.45, 2.75) is 96.7 Å². The van der Waals surface area contributed by atoms with Crippen LogP contribution in [0.3, 0.4) is 0 Å². The maximum absolute atomic E-state index is 12.2. The smallest absolute Gasteiger partial charge is 0.306 e. The Morgan fingerprint density at radius 3 is 2.63 bits per heavy atom. The van der Waals surface area contributed by atoms with E-state index in [0.29, 0.717) is 12.8 Å². The van der Waals surface area contributed by atoms with Crippen LogP contribution in [-0.4, -0.2) is 38.8 Å². The number of hydrogen-bond donors (Lipinski definition) is 3. The highest BCUT2D eigenvalue weighted by Gasteiger charge is 2.39. The zero-order valence-electron chi connectivity index (χ0n) is 17.2. The maximum atomic E-state index is 12.2. The van der Waals surface area contributed by atoms with Crippen LogP contribution >= 0.6 is 0 Å². The predicted octanol–water partition coefficient (Wildman–Crippen LogP) is 4.11. The minimum Gasteiger partial charge on any atom is -0.481 e. The van der Waals surface area contributed by atoms with Gasteiger partial charge in [0.15, 0.2) is 0 Å². The molecule has 0 bridgehead atoms. The molecule has 1 aliphatic rings. The van der Waals surface area contributed by atoms with Gasteiger partial charge in [-0.25, -0.2) is 0 Å².